The van der Waals surface area contributed by atoms with Crippen molar-refractivity contribution in [3.05, 3.63) is 0 Å². The van der Waals surface area contributed by atoms with E-state index < -0.39 is 0 Å². The van der Waals surface area contributed by atoms with E-state index in [9.17, 15) is 9.59 Å². The number of hydrogen-bond donors (Lipinski definition) is 2. The van der Waals surface area contributed by atoms with Crippen LogP contribution >= 0.6 is 0 Å². The number of amides is 2. The maximum absolute atomic E-state index is 11.4. The first kappa shape index (κ1) is 12.9. The maximum Gasteiger partial charge on any atom is 0.225 e. The summed E-state index contributed by atoms with van der Waals surface area (Å²) in [5.74, 6) is 0.0319. The molecule has 0 fully saturated rings. The van der Waals surface area contributed by atoms with Crippen molar-refractivity contribution in [2.45, 2.75) is 33.6 Å². The molecule has 0 aliphatic rings. The molecule has 2 N–H and O–H groups in total. The Labute approximate surface area is 85.4 Å². The number of carbonyl (C=O) groups is 2. The molecule has 0 unspecified atom stereocenters. The smallest absolute Gasteiger partial charge is 0.225 e. The summed E-state index contributed by atoms with van der Waals surface area (Å²) in [7, 11) is 1.61. The zero-order valence-corrected chi connectivity index (χ0v) is 9.44. The summed E-state index contributed by atoms with van der Waals surface area (Å²) in [5, 5.41) is 5.31. The van der Waals surface area contributed by atoms with Crippen LogP contribution in [0, 0.1) is 5.41 Å². The molecule has 0 aromatic heterocycles. The van der Waals surface area contributed by atoms with Crippen LogP contribution < -0.4 is 10.6 Å². The average Bonchev–Trinajstić information content (AvgIpc) is 2.09. The number of hydrogen-bond acceptors (Lipinski definition) is 2. The lowest BCUT2D eigenvalue weighted by Crippen LogP contribution is -2.35. The Morgan fingerprint density at radius 1 is 1.21 bits per heavy atom. The van der Waals surface area contributed by atoms with E-state index in [2.05, 4.69) is 10.6 Å². The third kappa shape index (κ3) is 5.56. The second-order valence-corrected chi connectivity index (χ2v) is 4.28. The molecule has 0 bridgehead atoms. The lowest BCUT2D eigenvalue weighted by atomic mass is 9.96. The largest absolute Gasteiger partial charge is 0.359 e. The fourth-order valence-corrected chi connectivity index (χ4v) is 0.841. The summed E-state index contributed by atoms with van der Waals surface area (Å²) in [6, 6.07) is 0. The van der Waals surface area contributed by atoms with E-state index in [4.69, 9.17) is 0 Å². The van der Waals surface area contributed by atoms with Crippen LogP contribution in [0.4, 0.5) is 0 Å². The van der Waals surface area contributed by atoms with Crippen LogP contribution in [-0.4, -0.2) is 25.4 Å². The molecule has 4 heteroatoms. The highest BCUT2D eigenvalue weighted by molar-refractivity contribution is 5.81. The minimum Gasteiger partial charge on any atom is -0.359 e. The highest BCUT2D eigenvalue weighted by Gasteiger charge is 2.20. The van der Waals surface area contributed by atoms with Gasteiger partial charge >= 0.3 is 0 Å². The first-order valence-electron chi connectivity index (χ1n) is 4.87. The maximum atomic E-state index is 11.4. The fourth-order valence-electron chi connectivity index (χ4n) is 0.841. The predicted molar refractivity (Wildman–Crippen MR) is 55.8 cm³/mol. The molecule has 4 nitrogen and oxygen atoms in total. The van der Waals surface area contributed by atoms with Crippen molar-refractivity contribution < 1.29 is 9.59 Å². The first-order valence-corrected chi connectivity index (χ1v) is 4.87. The van der Waals surface area contributed by atoms with Crippen molar-refractivity contribution in [1.82, 2.24) is 10.6 Å². The van der Waals surface area contributed by atoms with E-state index in [-0.39, 0.29) is 17.2 Å². The Balaban J connectivity index is 3.56. The molecular formula is C10H20N2O2. The van der Waals surface area contributed by atoms with Crippen molar-refractivity contribution >= 4 is 11.8 Å². The van der Waals surface area contributed by atoms with Crippen LogP contribution in [0.25, 0.3) is 0 Å². The van der Waals surface area contributed by atoms with E-state index in [1.165, 1.54) is 0 Å². The lowest BCUT2D eigenvalue weighted by Gasteiger charge is -2.17. The van der Waals surface area contributed by atoms with Gasteiger partial charge in [0.15, 0.2) is 0 Å². The van der Waals surface area contributed by atoms with E-state index >= 15 is 0 Å². The summed E-state index contributed by atoms with van der Waals surface area (Å²) in [6.07, 6.45) is 1.14. The van der Waals surface area contributed by atoms with Gasteiger partial charge in [0.1, 0.15) is 0 Å². The van der Waals surface area contributed by atoms with Crippen molar-refractivity contribution in [3.8, 4) is 0 Å². The molecular weight excluding hydrogens is 180 g/mol. The van der Waals surface area contributed by atoms with Crippen LogP contribution in [-0.2, 0) is 9.59 Å². The Morgan fingerprint density at radius 3 is 2.21 bits per heavy atom. The molecule has 82 valence electrons. The molecule has 0 saturated heterocycles. The van der Waals surface area contributed by atoms with Gasteiger partial charge in [0.25, 0.3) is 0 Å². The molecule has 0 spiro atoms. The van der Waals surface area contributed by atoms with Crippen molar-refractivity contribution in [1.29, 1.82) is 0 Å². The Hall–Kier alpha value is -1.06. The van der Waals surface area contributed by atoms with Crippen LogP contribution in [0.3, 0.4) is 0 Å². The molecule has 14 heavy (non-hydrogen) atoms. The van der Waals surface area contributed by atoms with E-state index in [0.29, 0.717) is 19.4 Å². The second kappa shape index (κ2) is 5.62. The van der Waals surface area contributed by atoms with Gasteiger partial charge in [-0.25, -0.2) is 0 Å². The van der Waals surface area contributed by atoms with E-state index in [1.54, 1.807) is 7.05 Å². The monoisotopic (exact) mass is 200 g/mol. The van der Waals surface area contributed by atoms with Crippen molar-refractivity contribution in [2.24, 2.45) is 5.41 Å². The van der Waals surface area contributed by atoms with Gasteiger partial charge in [-0.1, -0.05) is 20.8 Å². The first-order chi connectivity index (χ1) is 6.38. The molecule has 2 amide bonds. The molecule has 0 aliphatic carbocycles. The molecule has 0 aromatic carbocycles. The Bertz CT molecular complexity index is 207. The van der Waals surface area contributed by atoms with Crippen molar-refractivity contribution in [2.75, 3.05) is 13.6 Å². The van der Waals surface area contributed by atoms with Gasteiger partial charge in [-0.05, 0) is 6.42 Å². The van der Waals surface area contributed by atoms with Gasteiger partial charge in [0.05, 0.1) is 0 Å². The zero-order chi connectivity index (χ0) is 11.2. The summed E-state index contributed by atoms with van der Waals surface area (Å²) in [4.78, 5) is 22.2. The molecule has 0 radical (unpaired) electrons. The molecule has 0 heterocycles. The van der Waals surface area contributed by atoms with Gasteiger partial charge in [-0.3, -0.25) is 9.59 Å². The topological polar surface area (TPSA) is 58.2 Å². The van der Waals surface area contributed by atoms with Gasteiger partial charge in [-0.2, -0.15) is 0 Å². The van der Waals surface area contributed by atoms with Crippen molar-refractivity contribution in [3.63, 3.8) is 0 Å². The SMILES string of the molecule is CNC(=O)CCCNC(=O)C(C)(C)C. The highest BCUT2D eigenvalue weighted by Crippen LogP contribution is 2.12. The van der Waals surface area contributed by atoms with Gasteiger partial charge in [-0.15, -0.1) is 0 Å². The Kier molecular flexibility index (Phi) is 5.20. The minimum atomic E-state index is -0.354. The van der Waals surface area contributed by atoms with E-state index in [1.807, 2.05) is 20.8 Å². The lowest BCUT2D eigenvalue weighted by molar-refractivity contribution is -0.128. The molecule has 0 saturated carbocycles. The average molecular weight is 200 g/mol. The van der Waals surface area contributed by atoms with Gasteiger partial charge in [0.2, 0.25) is 11.8 Å². The van der Waals surface area contributed by atoms with Crippen LogP contribution in [0.15, 0.2) is 0 Å². The molecule has 0 aliphatic heterocycles. The summed E-state index contributed by atoms with van der Waals surface area (Å²) in [5.41, 5.74) is -0.354. The second-order valence-electron chi connectivity index (χ2n) is 4.28. The third-order valence-corrected chi connectivity index (χ3v) is 1.83. The predicted octanol–water partition coefficient (Wildman–Crippen LogP) is 0.675. The molecule has 0 aromatic rings. The molecule has 0 atom stereocenters. The number of nitrogens with one attached hydrogen (secondary N) is 2. The van der Waals surface area contributed by atoms with Gasteiger partial charge < -0.3 is 10.6 Å². The molecule has 0 rings (SSSR count). The summed E-state index contributed by atoms with van der Waals surface area (Å²) in [6.45, 7) is 6.15. The number of carbonyl (C=O) groups excluding carboxylic acids is 2. The van der Waals surface area contributed by atoms with Crippen LogP contribution in [0.1, 0.15) is 33.6 Å². The summed E-state index contributed by atoms with van der Waals surface area (Å²) >= 11 is 0. The quantitative estimate of drug-likeness (QED) is 0.655. The highest BCUT2D eigenvalue weighted by atomic mass is 16.2. The Morgan fingerprint density at radius 2 is 1.79 bits per heavy atom. The van der Waals surface area contributed by atoms with Gasteiger partial charge in [0, 0.05) is 25.4 Å². The minimum absolute atomic E-state index is 0.00927. The van der Waals surface area contributed by atoms with E-state index in [0.717, 1.165) is 0 Å². The normalized spacial score (nSPS) is 10.9. The number of rotatable bonds is 4. The standard InChI is InChI=1S/C10H20N2O2/c1-10(2,3)9(14)12-7-5-6-8(13)11-4/h5-7H2,1-4H3,(H,11,13)(H,12,14). The van der Waals surface area contributed by atoms with Crippen LogP contribution in [0.2, 0.25) is 0 Å². The summed E-state index contributed by atoms with van der Waals surface area (Å²) < 4.78 is 0. The van der Waals surface area contributed by atoms with Crippen LogP contribution in [0.5, 0.6) is 0 Å². The zero-order valence-electron chi connectivity index (χ0n) is 9.44. The fraction of sp³-hybridized carbons (Fsp3) is 0.800. The third-order valence-electron chi connectivity index (χ3n) is 1.83.